The maximum Gasteiger partial charge on any atom is 0.221 e. The molecular weight excluding hydrogens is 236 g/mol. The highest BCUT2D eigenvalue weighted by molar-refractivity contribution is 6.30. The number of nitrogens with zero attached hydrogens (tertiary/aromatic N) is 2. The van der Waals surface area contributed by atoms with Crippen molar-refractivity contribution in [1.29, 1.82) is 0 Å². The topological polar surface area (TPSA) is 35.0 Å². The molecule has 0 saturated carbocycles. The van der Waals surface area contributed by atoms with Gasteiger partial charge in [-0.3, -0.25) is 0 Å². The summed E-state index contributed by atoms with van der Waals surface area (Å²) >= 11 is 5.91. The second-order valence-electron chi connectivity index (χ2n) is 3.77. The normalized spacial score (nSPS) is 12.2. The van der Waals surface area contributed by atoms with Gasteiger partial charge in [0.05, 0.1) is 0 Å². The molecule has 0 radical (unpaired) electrons. The summed E-state index contributed by atoms with van der Waals surface area (Å²) in [4.78, 5) is 7.98. The van der Waals surface area contributed by atoms with Crippen LogP contribution in [0.4, 0.5) is 0 Å². The molecule has 0 amide bonds. The molecule has 0 N–H and O–H groups in total. The molecule has 0 fully saturated rings. The van der Waals surface area contributed by atoms with Crippen LogP contribution in [0.3, 0.4) is 0 Å². The third-order valence-electron chi connectivity index (χ3n) is 2.53. The van der Waals surface area contributed by atoms with Crippen LogP contribution in [-0.4, -0.2) is 9.97 Å². The van der Waals surface area contributed by atoms with Crippen LogP contribution in [0.25, 0.3) is 0 Å². The summed E-state index contributed by atoms with van der Waals surface area (Å²) in [5.74, 6) is 0.529. The van der Waals surface area contributed by atoms with Crippen LogP contribution in [-0.2, 0) is 0 Å². The Kier molecular flexibility index (Phi) is 3.59. The van der Waals surface area contributed by atoms with E-state index >= 15 is 0 Å². The Morgan fingerprint density at radius 2 is 1.88 bits per heavy atom. The fourth-order valence-electron chi connectivity index (χ4n) is 1.49. The van der Waals surface area contributed by atoms with Crippen molar-refractivity contribution in [2.45, 2.75) is 20.0 Å². The molecule has 2 rings (SSSR count). The van der Waals surface area contributed by atoms with E-state index in [1.165, 1.54) is 6.33 Å². The van der Waals surface area contributed by atoms with E-state index in [4.69, 9.17) is 16.3 Å². The molecule has 0 bridgehead atoms. The molecule has 2 aromatic rings. The fraction of sp³-hybridized carbons (Fsp3) is 0.231. The van der Waals surface area contributed by atoms with Crippen molar-refractivity contribution in [1.82, 2.24) is 9.97 Å². The molecule has 88 valence electrons. The lowest BCUT2D eigenvalue weighted by Crippen LogP contribution is -2.05. The summed E-state index contributed by atoms with van der Waals surface area (Å²) in [5.41, 5.74) is 1.86. The van der Waals surface area contributed by atoms with Gasteiger partial charge in [0.2, 0.25) is 5.88 Å². The van der Waals surface area contributed by atoms with Crippen molar-refractivity contribution in [3.05, 3.63) is 52.9 Å². The molecule has 1 aromatic heterocycles. The standard InChI is InChI=1S/C13H13ClN2O/c1-9-12(14)15-8-16-13(9)17-10(2)11-6-4-3-5-7-11/h3-8,10H,1-2H3. The van der Waals surface area contributed by atoms with E-state index in [-0.39, 0.29) is 6.10 Å². The minimum Gasteiger partial charge on any atom is -0.469 e. The van der Waals surface area contributed by atoms with Crippen molar-refractivity contribution in [3.8, 4) is 5.88 Å². The Morgan fingerprint density at radius 3 is 2.59 bits per heavy atom. The lowest BCUT2D eigenvalue weighted by Gasteiger charge is -2.15. The molecule has 4 heteroatoms. The largest absolute Gasteiger partial charge is 0.469 e. The van der Waals surface area contributed by atoms with Gasteiger partial charge < -0.3 is 4.74 Å². The summed E-state index contributed by atoms with van der Waals surface area (Å²) in [7, 11) is 0. The van der Waals surface area contributed by atoms with Crippen LogP contribution in [0.1, 0.15) is 24.2 Å². The second-order valence-corrected chi connectivity index (χ2v) is 4.12. The smallest absolute Gasteiger partial charge is 0.221 e. The molecular formula is C13H13ClN2O. The van der Waals surface area contributed by atoms with Crippen LogP contribution >= 0.6 is 11.6 Å². The average Bonchev–Trinajstić information content (AvgIpc) is 2.36. The molecule has 0 aliphatic carbocycles. The van der Waals surface area contributed by atoms with E-state index in [0.717, 1.165) is 11.1 Å². The van der Waals surface area contributed by atoms with Crippen molar-refractivity contribution in [2.24, 2.45) is 0 Å². The van der Waals surface area contributed by atoms with Crippen LogP contribution < -0.4 is 4.74 Å². The van der Waals surface area contributed by atoms with Crippen molar-refractivity contribution in [2.75, 3.05) is 0 Å². The predicted molar refractivity (Wildman–Crippen MR) is 67.3 cm³/mol. The van der Waals surface area contributed by atoms with E-state index in [2.05, 4.69) is 9.97 Å². The van der Waals surface area contributed by atoms with Crippen molar-refractivity contribution >= 4 is 11.6 Å². The predicted octanol–water partition coefficient (Wildman–Crippen LogP) is 3.58. The van der Waals surface area contributed by atoms with Gasteiger partial charge in [-0.1, -0.05) is 41.9 Å². The lowest BCUT2D eigenvalue weighted by molar-refractivity contribution is 0.215. The Hall–Kier alpha value is -1.61. The molecule has 17 heavy (non-hydrogen) atoms. The first-order chi connectivity index (χ1) is 8.18. The average molecular weight is 249 g/mol. The minimum atomic E-state index is -0.0686. The summed E-state index contributed by atoms with van der Waals surface area (Å²) in [5, 5.41) is 0.426. The highest BCUT2D eigenvalue weighted by atomic mass is 35.5. The van der Waals surface area contributed by atoms with Gasteiger partial charge >= 0.3 is 0 Å². The van der Waals surface area contributed by atoms with Gasteiger partial charge in [-0.25, -0.2) is 9.97 Å². The van der Waals surface area contributed by atoms with E-state index in [9.17, 15) is 0 Å². The summed E-state index contributed by atoms with van der Waals surface area (Å²) in [6.45, 7) is 3.82. The number of ether oxygens (including phenoxy) is 1. The van der Waals surface area contributed by atoms with Gasteiger partial charge in [-0.2, -0.15) is 0 Å². The third kappa shape index (κ3) is 2.74. The van der Waals surface area contributed by atoms with Crippen LogP contribution in [0.2, 0.25) is 5.15 Å². The van der Waals surface area contributed by atoms with Crippen molar-refractivity contribution < 1.29 is 4.74 Å². The number of hydrogen-bond acceptors (Lipinski definition) is 3. The Bertz CT molecular complexity index is 502. The zero-order valence-corrected chi connectivity index (χ0v) is 10.5. The van der Waals surface area contributed by atoms with Gasteiger partial charge in [-0.15, -0.1) is 0 Å². The summed E-state index contributed by atoms with van der Waals surface area (Å²) < 4.78 is 5.78. The molecule has 3 nitrogen and oxygen atoms in total. The SMILES string of the molecule is Cc1c(Cl)ncnc1OC(C)c1ccccc1. The number of rotatable bonds is 3. The van der Waals surface area contributed by atoms with Crippen molar-refractivity contribution in [3.63, 3.8) is 0 Å². The molecule has 0 aliphatic rings. The van der Waals surface area contributed by atoms with Gasteiger partial charge in [0, 0.05) is 5.56 Å². The van der Waals surface area contributed by atoms with Gasteiger partial charge in [0.1, 0.15) is 17.6 Å². The maximum atomic E-state index is 5.91. The third-order valence-corrected chi connectivity index (χ3v) is 2.91. The number of aromatic nitrogens is 2. The van der Waals surface area contributed by atoms with Gasteiger partial charge in [-0.05, 0) is 19.4 Å². The molecule has 1 aromatic carbocycles. The highest BCUT2D eigenvalue weighted by Gasteiger charge is 2.11. The Morgan fingerprint density at radius 1 is 1.18 bits per heavy atom. The maximum absolute atomic E-state index is 5.91. The van der Waals surface area contributed by atoms with E-state index in [1.807, 2.05) is 44.2 Å². The zero-order chi connectivity index (χ0) is 12.3. The van der Waals surface area contributed by atoms with Gasteiger partial charge in [0.25, 0.3) is 0 Å². The van der Waals surface area contributed by atoms with Crippen LogP contribution in [0.15, 0.2) is 36.7 Å². The second kappa shape index (κ2) is 5.15. The van der Waals surface area contributed by atoms with Crippen LogP contribution in [0.5, 0.6) is 5.88 Å². The molecule has 1 atom stereocenters. The number of hydrogen-bond donors (Lipinski definition) is 0. The van der Waals surface area contributed by atoms with E-state index in [0.29, 0.717) is 11.0 Å². The molecule has 1 heterocycles. The summed E-state index contributed by atoms with van der Waals surface area (Å²) in [6, 6.07) is 9.97. The molecule has 0 aliphatic heterocycles. The number of halogens is 1. The van der Waals surface area contributed by atoms with E-state index in [1.54, 1.807) is 0 Å². The lowest BCUT2D eigenvalue weighted by atomic mass is 10.1. The number of benzene rings is 1. The Balaban J connectivity index is 2.19. The van der Waals surface area contributed by atoms with Gasteiger partial charge in [0.15, 0.2) is 0 Å². The molecule has 0 spiro atoms. The highest BCUT2D eigenvalue weighted by Crippen LogP contribution is 2.25. The first kappa shape index (κ1) is 11.9. The fourth-order valence-corrected chi connectivity index (χ4v) is 1.62. The van der Waals surface area contributed by atoms with Crippen LogP contribution in [0, 0.1) is 6.92 Å². The molecule has 0 saturated heterocycles. The monoisotopic (exact) mass is 248 g/mol. The summed E-state index contributed by atoms with van der Waals surface area (Å²) in [6.07, 6.45) is 1.34. The zero-order valence-electron chi connectivity index (χ0n) is 9.72. The minimum absolute atomic E-state index is 0.0686. The Labute approximate surface area is 105 Å². The first-order valence-corrected chi connectivity index (χ1v) is 5.75. The first-order valence-electron chi connectivity index (χ1n) is 5.37. The van der Waals surface area contributed by atoms with E-state index < -0.39 is 0 Å². The molecule has 1 unspecified atom stereocenters. The quantitative estimate of drug-likeness (QED) is 0.779.